The molecule has 174 valence electrons. The van der Waals surface area contributed by atoms with Gasteiger partial charge in [0.1, 0.15) is 17.5 Å². The SMILES string of the molecule is COc1ccc(-c2cn(-c3ccc4c(c3)C(=O)N(C3CCC(=O)NC3=O)C4)nn2)c2ccccc12. The van der Waals surface area contributed by atoms with Gasteiger partial charge in [0.05, 0.1) is 19.0 Å². The molecule has 1 aromatic heterocycles. The number of hydrogen-bond donors (Lipinski definition) is 1. The minimum Gasteiger partial charge on any atom is -0.496 e. The van der Waals surface area contributed by atoms with Crippen LogP contribution < -0.4 is 10.1 Å². The summed E-state index contributed by atoms with van der Waals surface area (Å²) in [5, 5.41) is 13.0. The van der Waals surface area contributed by atoms with E-state index in [2.05, 4.69) is 15.6 Å². The number of hydrogen-bond acceptors (Lipinski definition) is 6. The van der Waals surface area contributed by atoms with Crippen LogP contribution in [0.4, 0.5) is 0 Å². The first kappa shape index (κ1) is 21.0. The van der Waals surface area contributed by atoms with Crippen molar-refractivity contribution in [3.05, 3.63) is 71.9 Å². The van der Waals surface area contributed by atoms with Crippen molar-refractivity contribution in [2.75, 3.05) is 7.11 Å². The van der Waals surface area contributed by atoms with Crippen LogP contribution in [0.1, 0.15) is 28.8 Å². The quantitative estimate of drug-likeness (QED) is 0.463. The smallest absolute Gasteiger partial charge is 0.255 e. The molecule has 1 saturated heterocycles. The Morgan fingerprint density at radius 3 is 2.63 bits per heavy atom. The van der Waals surface area contributed by atoms with E-state index in [1.165, 1.54) is 4.90 Å². The molecule has 2 aliphatic rings. The summed E-state index contributed by atoms with van der Waals surface area (Å²) >= 11 is 0. The van der Waals surface area contributed by atoms with Crippen molar-refractivity contribution in [3.63, 3.8) is 0 Å². The second-order valence-electron chi connectivity index (χ2n) is 8.65. The maximum atomic E-state index is 13.1. The number of benzene rings is 3. The number of fused-ring (bicyclic) bond motifs is 2. The molecule has 9 heteroatoms. The second kappa shape index (κ2) is 8.05. The van der Waals surface area contributed by atoms with Gasteiger partial charge >= 0.3 is 0 Å². The van der Waals surface area contributed by atoms with Crippen LogP contribution >= 0.6 is 0 Å². The van der Waals surface area contributed by atoms with Crippen LogP contribution in [-0.4, -0.2) is 50.8 Å². The summed E-state index contributed by atoms with van der Waals surface area (Å²) < 4.78 is 7.13. The van der Waals surface area contributed by atoms with Gasteiger partial charge in [-0.25, -0.2) is 4.68 Å². The van der Waals surface area contributed by atoms with Crippen LogP contribution in [0.2, 0.25) is 0 Å². The predicted molar refractivity (Wildman–Crippen MR) is 127 cm³/mol. The highest BCUT2D eigenvalue weighted by Crippen LogP contribution is 2.34. The summed E-state index contributed by atoms with van der Waals surface area (Å²) in [7, 11) is 1.65. The average molecular weight is 467 g/mol. The molecule has 0 bridgehead atoms. The van der Waals surface area contributed by atoms with E-state index >= 15 is 0 Å². The summed E-state index contributed by atoms with van der Waals surface area (Å²) in [4.78, 5) is 38.5. The van der Waals surface area contributed by atoms with Gasteiger partial charge in [-0.1, -0.05) is 35.5 Å². The van der Waals surface area contributed by atoms with Crippen molar-refractivity contribution in [1.29, 1.82) is 0 Å². The third kappa shape index (κ3) is 3.43. The molecule has 1 atom stereocenters. The summed E-state index contributed by atoms with van der Waals surface area (Å²) in [6, 6.07) is 16.7. The van der Waals surface area contributed by atoms with Gasteiger partial charge in [-0.05, 0) is 41.6 Å². The van der Waals surface area contributed by atoms with E-state index in [-0.39, 0.29) is 18.2 Å². The number of nitrogens with zero attached hydrogens (tertiary/aromatic N) is 4. The molecule has 0 saturated carbocycles. The van der Waals surface area contributed by atoms with Gasteiger partial charge < -0.3 is 9.64 Å². The fraction of sp³-hybridized carbons (Fsp3) is 0.192. The van der Waals surface area contributed by atoms with Crippen molar-refractivity contribution >= 4 is 28.5 Å². The van der Waals surface area contributed by atoms with Crippen molar-refractivity contribution in [2.24, 2.45) is 0 Å². The maximum absolute atomic E-state index is 13.1. The predicted octanol–water partition coefficient (Wildman–Crippen LogP) is 2.86. The highest BCUT2D eigenvalue weighted by molar-refractivity contribution is 6.05. The fourth-order valence-corrected chi connectivity index (χ4v) is 4.87. The van der Waals surface area contributed by atoms with Gasteiger partial charge in [-0.15, -0.1) is 5.10 Å². The summed E-state index contributed by atoms with van der Waals surface area (Å²) in [5.41, 5.74) is 3.68. The number of nitrogens with one attached hydrogen (secondary N) is 1. The first-order valence-electron chi connectivity index (χ1n) is 11.3. The van der Waals surface area contributed by atoms with Crippen LogP contribution in [0.3, 0.4) is 0 Å². The Labute approximate surface area is 200 Å². The van der Waals surface area contributed by atoms with Crippen LogP contribution in [0.15, 0.2) is 60.8 Å². The largest absolute Gasteiger partial charge is 0.496 e. The number of amides is 3. The number of imide groups is 1. The Morgan fingerprint density at radius 2 is 1.83 bits per heavy atom. The number of carbonyl (C=O) groups is 3. The second-order valence-corrected chi connectivity index (χ2v) is 8.65. The van der Waals surface area contributed by atoms with Crippen molar-refractivity contribution in [3.8, 4) is 22.7 Å². The van der Waals surface area contributed by atoms with E-state index in [9.17, 15) is 14.4 Å². The lowest BCUT2D eigenvalue weighted by Gasteiger charge is -2.29. The molecular formula is C26H21N5O4. The van der Waals surface area contributed by atoms with Crippen molar-refractivity contribution in [2.45, 2.75) is 25.4 Å². The molecular weight excluding hydrogens is 446 g/mol. The minimum atomic E-state index is -0.641. The van der Waals surface area contributed by atoms with E-state index in [0.29, 0.717) is 29.9 Å². The Hall–Kier alpha value is -4.53. The van der Waals surface area contributed by atoms with Gasteiger partial charge in [0, 0.05) is 29.5 Å². The number of piperidine rings is 1. The molecule has 1 N–H and O–H groups in total. The summed E-state index contributed by atoms with van der Waals surface area (Å²) in [6.07, 6.45) is 2.39. The third-order valence-electron chi connectivity index (χ3n) is 6.65. The third-order valence-corrected chi connectivity index (χ3v) is 6.65. The molecule has 2 aliphatic heterocycles. The number of ether oxygens (including phenoxy) is 1. The first-order valence-corrected chi connectivity index (χ1v) is 11.3. The van der Waals surface area contributed by atoms with Crippen molar-refractivity contribution < 1.29 is 19.1 Å². The number of rotatable bonds is 4. The van der Waals surface area contributed by atoms with E-state index in [1.54, 1.807) is 17.9 Å². The molecule has 0 radical (unpaired) electrons. The Bertz CT molecular complexity index is 1530. The summed E-state index contributed by atoms with van der Waals surface area (Å²) in [6.45, 7) is 0.334. The lowest BCUT2D eigenvalue weighted by molar-refractivity contribution is -0.136. The molecule has 6 rings (SSSR count). The molecule has 1 fully saturated rings. The maximum Gasteiger partial charge on any atom is 0.255 e. The molecule has 35 heavy (non-hydrogen) atoms. The van der Waals surface area contributed by atoms with Crippen LogP contribution in [0.25, 0.3) is 27.7 Å². The average Bonchev–Trinajstić information content (AvgIpc) is 3.48. The van der Waals surface area contributed by atoms with Gasteiger partial charge in [0.15, 0.2) is 0 Å². The molecule has 0 aliphatic carbocycles. The highest BCUT2D eigenvalue weighted by Gasteiger charge is 2.39. The lowest BCUT2D eigenvalue weighted by atomic mass is 10.0. The van der Waals surface area contributed by atoms with Crippen LogP contribution in [0.5, 0.6) is 5.75 Å². The van der Waals surface area contributed by atoms with Gasteiger partial charge in [0.25, 0.3) is 5.91 Å². The van der Waals surface area contributed by atoms with Crippen molar-refractivity contribution in [1.82, 2.24) is 25.2 Å². The molecule has 9 nitrogen and oxygen atoms in total. The molecule has 3 aromatic carbocycles. The zero-order valence-corrected chi connectivity index (χ0v) is 18.9. The zero-order valence-electron chi connectivity index (χ0n) is 18.9. The minimum absolute atomic E-state index is 0.224. The lowest BCUT2D eigenvalue weighted by Crippen LogP contribution is -2.52. The molecule has 0 spiro atoms. The van der Waals surface area contributed by atoms with Gasteiger partial charge in [-0.2, -0.15) is 0 Å². The zero-order chi connectivity index (χ0) is 24.1. The van der Waals surface area contributed by atoms with E-state index in [1.807, 2.05) is 54.7 Å². The fourth-order valence-electron chi connectivity index (χ4n) is 4.87. The number of methoxy groups -OCH3 is 1. The van der Waals surface area contributed by atoms with Crippen LogP contribution in [0, 0.1) is 0 Å². The van der Waals surface area contributed by atoms with E-state index in [0.717, 1.165) is 27.6 Å². The normalized spacial score (nSPS) is 17.6. The monoisotopic (exact) mass is 467 g/mol. The molecule has 1 unspecified atom stereocenters. The number of aromatic nitrogens is 3. The molecule has 3 heterocycles. The Kier molecular flexibility index (Phi) is 4.84. The van der Waals surface area contributed by atoms with Crippen LogP contribution in [-0.2, 0) is 16.1 Å². The van der Waals surface area contributed by atoms with Gasteiger partial charge in [-0.3, -0.25) is 19.7 Å². The highest BCUT2D eigenvalue weighted by atomic mass is 16.5. The summed E-state index contributed by atoms with van der Waals surface area (Å²) in [5.74, 6) is -0.160. The topological polar surface area (TPSA) is 106 Å². The molecule has 3 amide bonds. The van der Waals surface area contributed by atoms with E-state index < -0.39 is 11.9 Å². The van der Waals surface area contributed by atoms with E-state index in [4.69, 9.17) is 4.74 Å². The molecule has 4 aromatic rings. The standard InChI is InChI=1S/C26H21N5O4/c1-35-23-10-8-18(17-4-2-3-5-19(17)23)21-14-31(29-28-21)16-7-6-15-13-30(26(34)20(15)12-16)22-9-11-24(32)27-25(22)33/h2-8,10,12,14,22H,9,11,13H2,1H3,(H,27,32,33). The Balaban J connectivity index is 1.31. The van der Waals surface area contributed by atoms with Gasteiger partial charge in [0.2, 0.25) is 11.8 Å². The first-order chi connectivity index (χ1) is 17.0. The Morgan fingerprint density at radius 1 is 1.00 bits per heavy atom. The number of carbonyl (C=O) groups excluding carboxylic acids is 3.